The lowest BCUT2D eigenvalue weighted by molar-refractivity contribution is -0.125. The molecule has 1 unspecified atom stereocenters. The molecule has 4 heteroatoms. The van der Waals surface area contributed by atoms with Crippen molar-refractivity contribution in [3.63, 3.8) is 0 Å². The highest BCUT2D eigenvalue weighted by Gasteiger charge is 2.24. The van der Waals surface area contributed by atoms with Crippen LogP contribution in [0, 0.1) is 0 Å². The summed E-state index contributed by atoms with van der Waals surface area (Å²) in [6.45, 7) is 8.57. The number of nitrogens with one attached hydrogen (secondary N) is 1. The van der Waals surface area contributed by atoms with Gasteiger partial charge in [-0.2, -0.15) is 0 Å². The Morgan fingerprint density at radius 2 is 1.62 bits per heavy atom. The smallest absolute Gasteiger partial charge is 0.217 e. The molecule has 3 atom stereocenters. The van der Waals surface area contributed by atoms with E-state index in [0.29, 0.717) is 18.5 Å². The van der Waals surface area contributed by atoms with Crippen molar-refractivity contribution in [1.29, 1.82) is 0 Å². The fourth-order valence-corrected chi connectivity index (χ4v) is 3.56. The quantitative estimate of drug-likeness (QED) is 0.872. The minimum atomic E-state index is -0.435. The fraction of sp³-hybridized carbons (Fsp3) is 0.600. The summed E-state index contributed by atoms with van der Waals surface area (Å²) >= 11 is 0. The van der Waals surface area contributed by atoms with Crippen LogP contribution in [0.25, 0.3) is 0 Å². The molecule has 1 saturated heterocycles. The van der Waals surface area contributed by atoms with Crippen molar-refractivity contribution < 1.29 is 9.59 Å². The van der Waals surface area contributed by atoms with Crippen molar-refractivity contribution in [2.75, 3.05) is 0 Å². The van der Waals surface area contributed by atoms with E-state index in [1.807, 2.05) is 0 Å². The molecule has 4 nitrogen and oxygen atoms in total. The van der Waals surface area contributed by atoms with Crippen LogP contribution in [0.15, 0.2) is 24.3 Å². The highest BCUT2D eigenvalue weighted by molar-refractivity contribution is 5.86. The summed E-state index contributed by atoms with van der Waals surface area (Å²) in [4.78, 5) is 25.5. The number of piperidine rings is 1. The van der Waals surface area contributed by atoms with Crippen molar-refractivity contribution in [2.45, 2.75) is 78.0 Å². The molecule has 1 aromatic carbocycles. The van der Waals surface area contributed by atoms with Gasteiger partial charge in [-0.25, -0.2) is 0 Å². The molecule has 1 aliphatic heterocycles. The molecular weight excluding hydrogens is 300 g/mol. The third-order valence-corrected chi connectivity index (χ3v) is 5.07. The Morgan fingerprint density at radius 1 is 1.08 bits per heavy atom. The molecule has 0 bridgehead atoms. The van der Waals surface area contributed by atoms with E-state index >= 15 is 0 Å². The number of rotatable bonds is 6. The standard InChI is InChI=1S/C20H30N2O2/c1-14-6-5-7-15(2)22(14)13-19-10-8-18(9-11-19)12-20(16(3)23)21-17(4)24/h8-11,14-15,20H,5-7,12-13H2,1-4H3,(H,21,24)/t14-,15+,20?. The highest BCUT2D eigenvalue weighted by atomic mass is 16.2. The van der Waals surface area contributed by atoms with E-state index < -0.39 is 6.04 Å². The second-order valence-corrected chi connectivity index (χ2v) is 7.19. The van der Waals surface area contributed by atoms with E-state index in [-0.39, 0.29) is 11.7 Å². The molecule has 0 saturated carbocycles. The van der Waals surface area contributed by atoms with Crippen LogP contribution >= 0.6 is 0 Å². The number of hydrogen-bond donors (Lipinski definition) is 1. The van der Waals surface area contributed by atoms with Crippen molar-refractivity contribution >= 4 is 11.7 Å². The largest absolute Gasteiger partial charge is 0.346 e. The van der Waals surface area contributed by atoms with Crippen LogP contribution in [0.1, 0.15) is 58.1 Å². The average Bonchev–Trinajstić information content (AvgIpc) is 2.51. The predicted molar refractivity (Wildman–Crippen MR) is 96.7 cm³/mol. The van der Waals surface area contributed by atoms with Crippen molar-refractivity contribution in [2.24, 2.45) is 0 Å². The number of nitrogens with zero attached hydrogens (tertiary/aromatic N) is 1. The van der Waals surface area contributed by atoms with Gasteiger partial charge in [0.25, 0.3) is 0 Å². The molecular formula is C20H30N2O2. The van der Waals surface area contributed by atoms with Crippen LogP contribution in [-0.2, 0) is 22.6 Å². The van der Waals surface area contributed by atoms with E-state index in [1.165, 1.54) is 38.7 Å². The topological polar surface area (TPSA) is 49.4 Å². The molecule has 1 N–H and O–H groups in total. The molecule has 0 aliphatic carbocycles. The Balaban J connectivity index is 1.99. The molecule has 1 amide bonds. The minimum Gasteiger partial charge on any atom is -0.346 e. The molecule has 132 valence electrons. The number of benzene rings is 1. The van der Waals surface area contributed by atoms with Gasteiger partial charge in [-0.05, 0) is 51.2 Å². The molecule has 1 heterocycles. The number of Topliss-reactive ketones (excluding diaryl/α,β-unsaturated/α-hetero) is 1. The van der Waals surface area contributed by atoms with Crippen LogP contribution in [0.2, 0.25) is 0 Å². The highest BCUT2D eigenvalue weighted by Crippen LogP contribution is 2.24. The van der Waals surface area contributed by atoms with E-state index in [9.17, 15) is 9.59 Å². The summed E-state index contributed by atoms with van der Waals surface area (Å²) in [6.07, 6.45) is 4.43. The molecule has 1 fully saturated rings. The van der Waals surface area contributed by atoms with Gasteiger partial charge in [0.05, 0.1) is 6.04 Å². The van der Waals surface area contributed by atoms with E-state index in [1.54, 1.807) is 0 Å². The summed E-state index contributed by atoms with van der Waals surface area (Å²) < 4.78 is 0. The summed E-state index contributed by atoms with van der Waals surface area (Å²) in [7, 11) is 0. The van der Waals surface area contributed by atoms with Gasteiger partial charge in [-0.15, -0.1) is 0 Å². The van der Waals surface area contributed by atoms with Crippen LogP contribution in [0.5, 0.6) is 0 Å². The first kappa shape index (κ1) is 18.7. The molecule has 2 rings (SSSR count). The SMILES string of the molecule is CC(=O)NC(Cc1ccc(CN2[C@H](C)CCC[C@@H]2C)cc1)C(C)=O. The van der Waals surface area contributed by atoms with Crippen molar-refractivity contribution in [3.05, 3.63) is 35.4 Å². The van der Waals surface area contributed by atoms with Crippen LogP contribution < -0.4 is 5.32 Å². The minimum absolute atomic E-state index is 0.00903. The lowest BCUT2D eigenvalue weighted by atomic mass is 9.96. The lowest BCUT2D eigenvalue weighted by Crippen LogP contribution is -2.42. The van der Waals surface area contributed by atoms with Gasteiger partial charge in [0.2, 0.25) is 5.91 Å². The molecule has 1 aromatic rings. The molecule has 0 aromatic heterocycles. The van der Waals surface area contributed by atoms with E-state index in [4.69, 9.17) is 0 Å². The van der Waals surface area contributed by atoms with Crippen molar-refractivity contribution in [1.82, 2.24) is 10.2 Å². The fourth-order valence-electron chi connectivity index (χ4n) is 3.56. The Labute approximate surface area is 145 Å². The molecule has 24 heavy (non-hydrogen) atoms. The zero-order valence-corrected chi connectivity index (χ0v) is 15.3. The van der Waals surface area contributed by atoms with Gasteiger partial charge < -0.3 is 5.32 Å². The van der Waals surface area contributed by atoms with Gasteiger partial charge in [0, 0.05) is 25.6 Å². The number of likely N-dealkylation sites (tertiary alicyclic amines) is 1. The summed E-state index contributed by atoms with van der Waals surface area (Å²) in [6, 6.07) is 9.28. The third kappa shape index (κ3) is 5.17. The van der Waals surface area contributed by atoms with Crippen LogP contribution in [0.4, 0.5) is 0 Å². The summed E-state index contributed by atoms with van der Waals surface area (Å²) in [5.74, 6) is -0.176. The Morgan fingerprint density at radius 3 is 2.12 bits per heavy atom. The second kappa shape index (κ2) is 8.43. The van der Waals surface area contributed by atoms with E-state index in [2.05, 4.69) is 48.3 Å². The van der Waals surface area contributed by atoms with Gasteiger partial charge in [-0.3, -0.25) is 14.5 Å². The maximum Gasteiger partial charge on any atom is 0.217 e. The molecule has 0 radical (unpaired) electrons. The average molecular weight is 330 g/mol. The molecule has 1 aliphatic rings. The zero-order chi connectivity index (χ0) is 17.7. The Bertz CT molecular complexity index is 558. The number of ketones is 1. The first-order chi connectivity index (χ1) is 11.4. The number of carbonyl (C=O) groups is 2. The summed E-state index contributed by atoms with van der Waals surface area (Å²) in [5, 5.41) is 2.72. The molecule has 0 spiro atoms. The second-order valence-electron chi connectivity index (χ2n) is 7.19. The van der Waals surface area contributed by atoms with Gasteiger partial charge in [-0.1, -0.05) is 30.7 Å². The normalized spacial score (nSPS) is 22.8. The maximum absolute atomic E-state index is 11.7. The number of hydrogen-bond acceptors (Lipinski definition) is 3. The van der Waals surface area contributed by atoms with E-state index in [0.717, 1.165) is 12.1 Å². The van der Waals surface area contributed by atoms with Gasteiger partial charge in [0.15, 0.2) is 5.78 Å². The first-order valence-electron chi connectivity index (χ1n) is 8.98. The van der Waals surface area contributed by atoms with Gasteiger partial charge in [0.1, 0.15) is 0 Å². The number of amides is 1. The predicted octanol–water partition coefficient (Wildman–Crippen LogP) is 3.09. The number of carbonyl (C=O) groups excluding carboxylic acids is 2. The zero-order valence-electron chi connectivity index (χ0n) is 15.3. The lowest BCUT2D eigenvalue weighted by Gasteiger charge is -2.39. The van der Waals surface area contributed by atoms with Crippen LogP contribution in [0.3, 0.4) is 0 Å². The van der Waals surface area contributed by atoms with Gasteiger partial charge >= 0.3 is 0 Å². The Hall–Kier alpha value is -1.68. The Kier molecular flexibility index (Phi) is 6.55. The summed E-state index contributed by atoms with van der Waals surface area (Å²) in [5.41, 5.74) is 2.38. The first-order valence-corrected chi connectivity index (χ1v) is 8.98. The van der Waals surface area contributed by atoms with Crippen molar-refractivity contribution in [3.8, 4) is 0 Å². The third-order valence-electron chi connectivity index (χ3n) is 5.07. The van der Waals surface area contributed by atoms with Crippen LogP contribution in [-0.4, -0.2) is 34.7 Å². The monoisotopic (exact) mass is 330 g/mol. The maximum atomic E-state index is 11.7.